The standard InChI is InChI=1S/C12H11FN3O7P/c1-24(20)22-5-11-4-21-8(7(11)17)12(3-14,23-11)16-2-6(13)9(18)15-10(16)19/h2,7-8,17H,4-5H2,1H3/p+1/t7-,8+,11+,12+/m0/s1. The molecule has 24 heavy (non-hydrogen) atoms. The third-order valence-corrected chi connectivity index (χ3v) is 4.48. The van der Waals surface area contributed by atoms with Crippen molar-refractivity contribution < 1.29 is 28.1 Å². The Bertz CT molecular complexity index is 863. The molecule has 2 saturated heterocycles. The molecule has 3 rings (SSSR count). The number of aliphatic hydroxyl groups is 1. The maximum Gasteiger partial charge on any atom is 0.504 e. The Morgan fingerprint density at radius 2 is 2.38 bits per heavy atom. The van der Waals surface area contributed by atoms with Crippen LogP contribution in [0, 0.1) is 17.1 Å². The van der Waals surface area contributed by atoms with E-state index in [0.29, 0.717) is 10.8 Å². The summed E-state index contributed by atoms with van der Waals surface area (Å²) in [6.45, 7) is 0.756. The molecule has 12 heteroatoms. The van der Waals surface area contributed by atoms with E-state index >= 15 is 0 Å². The molecule has 0 amide bonds. The highest BCUT2D eigenvalue weighted by atomic mass is 31.1. The van der Waals surface area contributed by atoms with E-state index in [2.05, 4.69) is 0 Å². The summed E-state index contributed by atoms with van der Waals surface area (Å²) < 4.78 is 41.2. The van der Waals surface area contributed by atoms with Gasteiger partial charge in [0.25, 0.3) is 11.3 Å². The monoisotopic (exact) mass is 360 g/mol. The van der Waals surface area contributed by atoms with E-state index in [0.717, 1.165) is 0 Å². The third-order valence-electron chi connectivity index (χ3n) is 3.98. The molecule has 10 nitrogen and oxygen atoms in total. The quantitative estimate of drug-likeness (QED) is 0.635. The second-order valence-electron chi connectivity index (χ2n) is 5.47. The Kier molecular flexibility index (Phi) is 3.90. The molecule has 3 heterocycles. The molecule has 1 aromatic heterocycles. The minimum Gasteiger partial charge on any atom is -0.387 e. The molecule has 2 bridgehead atoms. The fourth-order valence-electron chi connectivity index (χ4n) is 2.85. The van der Waals surface area contributed by atoms with Crippen LogP contribution in [0.25, 0.3) is 0 Å². The number of rotatable bonds is 4. The van der Waals surface area contributed by atoms with Crippen molar-refractivity contribution >= 4 is 8.03 Å². The van der Waals surface area contributed by atoms with Crippen LogP contribution in [0.1, 0.15) is 0 Å². The van der Waals surface area contributed by atoms with Gasteiger partial charge in [0.15, 0.2) is 12.3 Å². The van der Waals surface area contributed by atoms with Gasteiger partial charge in [-0.05, 0) is 4.57 Å². The summed E-state index contributed by atoms with van der Waals surface area (Å²) >= 11 is 0. The molecule has 128 valence electrons. The molecule has 1 aromatic rings. The topological polar surface area (TPSA) is 144 Å². The molecule has 0 saturated carbocycles. The van der Waals surface area contributed by atoms with Crippen molar-refractivity contribution in [2.24, 2.45) is 0 Å². The van der Waals surface area contributed by atoms with E-state index in [1.54, 1.807) is 11.1 Å². The van der Waals surface area contributed by atoms with Gasteiger partial charge >= 0.3 is 13.7 Å². The number of nitriles is 1. The Hall–Kier alpha value is -1.96. The summed E-state index contributed by atoms with van der Waals surface area (Å²) in [6, 6.07) is 1.69. The van der Waals surface area contributed by atoms with Gasteiger partial charge in [-0.3, -0.25) is 14.3 Å². The number of H-pyrrole nitrogens is 1. The van der Waals surface area contributed by atoms with E-state index in [-0.39, 0.29) is 13.2 Å². The highest BCUT2D eigenvalue weighted by Gasteiger charge is 2.71. The average Bonchev–Trinajstić information content (AvgIpc) is 2.98. The van der Waals surface area contributed by atoms with Crippen LogP contribution < -0.4 is 11.2 Å². The maximum atomic E-state index is 13.6. The number of nitrogens with zero attached hydrogens (tertiary/aromatic N) is 2. The van der Waals surface area contributed by atoms with Crippen LogP contribution in [-0.2, 0) is 24.3 Å². The largest absolute Gasteiger partial charge is 0.504 e. The van der Waals surface area contributed by atoms with Gasteiger partial charge in [-0.1, -0.05) is 0 Å². The average molecular weight is 360 g/mol. The van der Waals surface area contributed by atoms with Crippen LogP contribution in [0.3, 0.4) is 0 Å². The Balaban J connectivity index is 2.09. The summed E-state index contributed by atoms with van der Waals surface area (Å²) in [5.74, 6) is -1.31. The molecular weight excluding hydrogens is 348 g/mol. The zero-order valence-electron chi connectivity index (χ0n) is 12.3. The van der Waals surface area contributed by atoms with Crippen LogP contribution >= 0.6 is 8.03 Å². The molecule has 2 aliphatic rings. The first-order valence-corrected chi connectivity index (χ1v) is 8.35. The van der Waals surface area contributed by atoms with Crippen molar-refractivity contribution in [3.8, 4) is 6.07 Å². The molecule has 0 radical (unpaired) electrons. The number of fused-ring (bicyclic) bond motifs is 2. The lowest BCUT2D eigenvalue weighted by molar-refractivity contribution is -0.222. The lowest BCUT2D eigenvalue weighted by atomic mass is 9.98. The van der Waals surface area contributed by atoms with E-state index in [1.807, 2.05) is 0 Å². The number of ether oxygens (including phenoxy) is 2. The van der Waals surface area contributed by atoms with Crippen molar-refractivity contribution in [2.75, 3.05) is 19.9 Å². The number of hydrogen-bond acceptors (Lipinski definition) is 8. The fraction of sp³-hybridized carbons (Fsp3) is 0.583. The van der Waals surface area contributed by atoms with Crippen LogP contribution in [0.5, 0.6) is 0 Å². The Morgan fingerprint density at radius 3 is 3.00 bits per heavy atom. The van der Waals surface area contributed by atoms with Crippen molar-refractivity contribution in [3.05, 3.63) is 32.9 Å². The third kappa shape index (κ3) is 2.23. The second-order valence-corrected chi connectivity index (χ2v) is 6.61. The molecule has 0 aliphatic carbocycles. The van der Waals surface area contributed by atoms with Gasteiger partial charge in [0.1, 0.15) is 24.9 Å². The smallest absolute Gasteiger partial charge is 0.387 e. The summed E-state index contributed by atoms with van der Waals surface area (Å²) in [5, 5.41) is 19.9. The first-order valence-electron chi connectivity index (χ1n) is 6.72. The van der Waals surface area contributed by atoms with Crippen LogP contribution in [-0.4, -0.2) is 52.3 Å². The molecule has 5 atom stereocenters. The lowest BCUT2D eigenvalue weighted by Crippen LogP contribution is -2.54. The number of aromatic nitrogens is 2. The van der Waals surface area contributed by atoms with E-state index in [1.165, 1.54) is 6.66 Å². The van der Waals surface area contributed by atoms with E-state index in [4.69, 9.17) is 14.0 Å². The predicted octanol–water partition coefficient (Wildman–Crippen LogP) is -1.23. The van der Waals surface area contributed by atoms with Gasteiger partial charge in [-0.25, -0.2) is 4.79 Å². The number of aliphatic hydroxyl groups excluding tert-OH is 1. The summed E-state index contributed by atoms with van der Waals surface area (Å²) in [7, 11) is -2.02. The second kappa shape index (κ2) is 5.54. The molecule has 1 unspecified atom stereocenters. The van der Waals surface area contributed by atoms with Crippen molar-refractivity contribution in [3.63, 3.8) is 0 Å². The van der Waals surface area contributed by atoms with Crippen molar-refractivity contribution in [1.29, 1.82) is 5.26 Å². The predicted molar refractivity (Wildman–Crippen MR) is 73.9 cm³/mol. The minimum atomic E-state index is -2.21. The SMILES string of the molecule is C[P+](=O)OC[C@]12CO[C@H]([C@@H]1O)[C@](C#N)(n1cc(F)c(=O)[nH]c1=O)O2. The zero-order chi connectivity index (χ0) is 17.7. The van der Waals surface area contributed by atoms with Crippen molar-refractivity contribution in [1.82, 2.24) is 9.55 Å². The maximum absolute atomic E-state index is 13.6. The van der Waals surface area contributed by atoms with Crippen LogP contribution in [0.15, 0.2) is 15.8 Å². The zero-order valence-corrected chi connectivity index (χ0v) is 13.2. The first-order chi connectivity index (χ1) is 11.3. The van der Waals surface area contributed by atoms with Gasteiger partial charge < -0.3 is 14.6 Å². The minimum absolute atomic E-state index is 0.175. The van der Waals surface area contributed by atoms with Gasteiger partial charge in [-0.2, -0.15) is 9.65 Å². The van der Waals surface area contributed by atoms with Crippen molar-refractivity contribution in [2.45, 2.75) is 23.5 Å². The van der Waals surface area contributed by atoms with E-state index in [9.17, 15) is 28.9 Å². The van der Waals surface area contributed by atoms with Crippen LogP contribution in [0.4, 0.5) is 4.39 Å². The lowest BCUT2D eigenvalue weighted by Gasteiger charge is -2.34. The molecule has 2 aliphatic heterocycles. The number of hydrogen-bond donors (Lipinski definition) is 2. The summed E-state index contributed by atoms with van der Waals surface area (Å²) in [6.07, 6.45) is -2.21. The normalized spacial score (nSPS) is 35.0. The number of nitrogens with one attached hydrogen (secondary N) is 1. The van der Waals surface area contributed by atoms with Gasteiger partial charge in [0.2, 0.25) is 5.82 Å². The van der Waals surface area contributed by atoms with E-state index < -0.39 is 48.6 Å². The molecular formula is C12H12FN3O7P+. The Morgan fingerprint density at radius 1 is 1.67 bits per heavy atom. The highest BCUT2D eigenvalue weighted by molar-refractivity contribution is 7.38. The first kappa shape index (κ1) is 16.9. The summed E-state index contributed by atoms with van der Waals surface area (Å²) in [4.78, 5) is 24.9. The molecule has 2 N–H and O–H groups in total. The Labute approximate surface area is 134 Å². The van der Waals surface area contributed by atoms with Gasteiger partial charge in [0, 0.05) is 0 Å². The number of halogens is 1. The summed E-state index contributed by atoms with van der Waals surface area (Å²) in [5.41, 5.74) is -6.12. The number of aromatic amines is 1. The van der Waals surface area contributed by atoms with Gasteiger partial charge in [-0.15, -0.1) is 4.52 Å². The highest BCUT2D eigenvalue weighted by Crippen LogP contribution is 2.48. The molecule has 2 fully saturated rings. The van der Waals surface area contributed by atoms with Crippen LogP contribution in [0.2, 0.25) is 0 Å². The fourth-order valence-corrected chi connectivity index (χ4v) is 3.25. The molecule has 0 spiro atoms. The van der Waals surface area contributed by atoms with Gasteiger partial charge in [0.05, 0.1) is 12.8 Å². The molecule has 0 aromatic carbocycles.